The second-order valence-corrected chi connectivity index (χ2v) is 5.74. The first-order valence-electron chi connectivity index (χ1n) is 7.68. The molecule has 0 saturated heterocycles. The molecule has 1 aliphatic heterocycles. The van der Waals surface area contributed by atoms with Crippen molar-refractivity contribution in [3.05, 3.63) is 47.5 Å². The molecule has 7 nitrogen and oxygen atoms in total. The highest BCUT2D eigenvalue weighted by Gasteiger charge is 2.21. The largest absolute Gasteiger partial charge is 0.479 e. The number of aryl methyl sites for hydroxylation is 1. The summed E-state index contributed by atoms with van der Waals surface area (Å²) in [6.45, 7) is 3.16. The van der Waals surface area contributed by atoms with Gasteiger partial charge in [0.05, 0.1) is 11.4 Å². The summed E-state index contributed by atoms with van der Waals surface area (Å²) in [5, 5.41) is 8.15. The minimum atomic E-state index is -0.347. The molecule has 2 aromatic rings. The van der Waals surface area contributed by atoms with Gasteiger partial charge in [0, 0.05) is 18.2 Å². The van der Waals surface area contributed by atoms with Crippen LogP contribution in [-0.4, -0.2) is 24.3 Å². The summed E-state index contributed by atoms with van der Waals surface area (Å²) in [6, 6.07) is 10.2. The molecule has 0 radical (unpaired) electrons. The molecule has 0 atom stereocenters. The van der Waals surface area contributed by atoms with Crippen LogP contribution < -0.4 is 20.7 Å². The summed E-state index contributed by atoms with van der Waals surface area (Å²) in [7, 11) is 0. The number of benzene rings is 2. The summed E-state index contributed by atoms with van der Waals surface area (Å²) in [5.41, 5.74) is 2.80. The van der Waals surface area contributed by atoms with Crippen molar-refractivity contribution in [3.63, 3.8) is 0 Å². The van der Waals surface area contributed by atoms with Gasteiger partial charge in [-0.15, -0.1) is 0 Å². The van der Waals surface area contributed by atoms with Crippen LogP contribution in [0.1, 0.15) is 22.8 Å². The number of rotatable bonds is 3. The number of hydrogen-bond donors (Lipinski definition) is 3. The summed E-state index contributed by atoms with van der Waals surface area (Å²) in [5.74, 6) is -0.370. The van der Waals surface area contributed by atoms with Crippen molar-refractivity contribution >= 4 is 34.8 Å². The van der Waals surface area contributed by atoms with Gasteiger partial charge in [-0.25, -0.2) is 0 Å². The van der Waals surface area contributed by atoms with Crippen molar-refractivity contribution in [1.29, 1.82) is 0 Å². The van der Waals surface area contributed by atoms with E-state index < -0.39 is 0 Å². The van der Waals surface area contributed by atoms with Gasteiger partial charge in [0.15, 0.2) is 12.4 Å². The normalized spacial score (nSPS) is 12.5. The summed E-state index contributed by atoms with van der Waals surface area (Å²) in [4.78, 5) is 35.2. The molecule has 7 heteroatoms. The van der Waals surface area contributed by atoms with E-state index in [1.807, 2.05) is 6.92 Å². The van der Waals surface area contributed by atoms with Crippen LogP contribution in [0.3, 0.4) is 0 Å². The van der Waals surface area contributed by atoms with Gasteiger partial charge in [-0.3, -0.25) is 14.4 Å². The van der Waals surface area contributed by atoms with Gasteiger partial charge in [0.2, 0.25) is 5.91 Å². The Morgan fingerprint density at radius 3 is 2.72 bits per heavy atom. The Morgan fingerprint density at radius 2 is 1.96 bits per heavy atom. The topological polar surface area (TPSA) is 96.5 Å². The fourth-order valence-corrected chi connectivity index (χ4v) is 2.57. The van der Waals surface area contributed by atoms with Gasteiger partial charge in [-0.2, -0.15) is 0 Å². The molecule has 0 saturated carbocycles. The zero-order valence-corrected chi connectivity index (χ0v) is 13.8. The first-order chi connectivity index (χ1) is 11.9. The molecule has 0 bridgehead atoms. The lowest BCUT2D eigenvalue weighted by molar-refractivity contribution is -0.118. The standard InChI is InChI=1S/C18H17N3O4/c1-10-6-14-17(25-9-16(23)20-14)15(7-10)21-18(24)12-4-3-5-13(8-12)19-11(2)22/h3-8H,9H2,1-2H3,(H,19,22)(H,20,23)(H,21,24). The van der Waals surface area contributed by atoms with E-state index in [1.165, 1.54) is 6.92 Å². The zero-order valence-electron chi connectivity index (χ0n) is 13.8. The average Bonchev–Trinajstić information content (AvgIpc) is 2.53. The fraction of sp³-hybridized carbons (Fsp3) is 0.167. The van der Waals surface area contributed by atoms with Crippen molar-refractivity contribution in [2.75, 3.05) is 22.6 Å². The number of hydrogen-bond acceptors (Lipinski definition) is 4. The number of nitrogens with one attached hydrogen (secondary N) is 3. The van der Waals surface area contributed by atoms with Crippen LogP contribution in [0.15, 0.2) is 36.4 Å². The molecule has 0 aromatic heterocycles. The number of amides is 3. The monoisotopic (exact) mass is 339 g/mol. The molecular weight excluding hydrogens is 322 g/mol. The van der Waals surface area contributed by atoms with E-state index in [-0.39, 0.29) is 24.3 Å². The second kappa shape index (κ2) is 6.64. The van der Waals surface area contributed by atoms with E-state index in [2.05, 4.69) is 16.0 Å². The Balaban J connectivity index is 1.86. The lowest BCUT2D eigenvalue weighted by atomic mass is 10.1. The zero-order chi connectivity index (χ0) is 18.0. The molecule has 1 aliphatic rings. The van der Waals surface area contributed by atoms with Gasteiger partial charge in [-0.05, 0) is 42.8 Å². The number of carbonyl (C=O) groups is 3. The Labute approximate surface area is 144 Å². The molecule has 1 heterocycles. The van der Waals surface area contributed by atoms with Crippen molar-refractivity contribution in [1.82, 2.24) is 0 Å². The van der Waals surface area contributed by atoms with Crippen LogP contribution in [-0.2, 0) is 9.59 Å². The van der Waals surface area contributed by atoms with Crippen LogP contribution in [0.2, 0.25) is 0 Å². The Bertz CT molecular complexity index is 877. The smallest absolute Gasteiger partial charge is 0.262 e. The Morgan fingerprint density at radius 1 is 1.16 bits per heavy atom. The van der Waals surface area contributed by atoms with Crippen molar-refractivity contribution in [3.8, 4) is 5.75 Å². The predicted octanol–water partition coefficient (Wildman–Crippen LogP) is 2.54. The highest BCUT2D eigenvalue weighted by atomic mass is 16.5. The van der Waals surface area contributed by atoms with Crippen LogP contribution in [0.4, 0.5) is 17.1 Å². The third-order valence-electron chi connectivity index (χ3n) is 3.55. The van der Waals surface area contributed by atoms with Crippen LogP contribution in [0.5, 0.6) is 5.75 Å². The Hall–Kier alpha value is -3.35. The predicted molar refractivity (Wildman–Crippen MR) is 94.0 cm³/mol. The minimum absolute atomic E-state index is 0.100. The third-order valence-corrected chi connectivity index (χ3v) is 3.55. The van der Waals surface area contributed by atoms with Crippen LogP contribution >= 0.6 is 0 Å². The highest BCUT2D eigenvalue weighted by molar-refractivity contribution is 6.07. The molecule has 2 aromatic carbocycles. The van der Waals surface area contributed by atoms with E-state index >= 15 is 0 Å². The SMILES string of the molecule is CC(=O)Nc1cccc(C(=O)Nc2cc(C)cc3c2OCC(=O)N3)c1. The van der Waals surface area contributed by atoms with E-state index in [9.17, 15) is 14.4 Å². The van der Waals surface area contributed by atoms with E-state index in [0.29, 0.717) is 28.4 Å². The molecule has 0 fully saturated rings. The fourth-order valence-electron chi connectivity index (χ4n) is 2.57. The summed E-state index contributed by atoms with van der Waals surface area (Å²) < 4.78 is 5.45. The second-order valence-electron chi connectivity index (χ2n) is 5.74. The highest BCUT2D eigenvalue weighted by Crippen LogP contribution is 2.37. The number of anilines is 3. The molecule has 128 valence electrons. The third kappa shape index (κ3) is 3.77. The van der Waals surface area contributed by atoms with Crippen LogP contribution in [0.25, 0.3) is 0 Å². The molecule has 0 spiro atoms. The lowest BCUT2D eigenvalue weighted by Gasteiger charge is -2.21. The first-order valence-corrected chi connectivity index (χ1v) is 7.68. The molecule has 3 rings (SSSR count). The van der Waals surface area contributed by atoms with E-state index in [0.717, 1.165) is 5.56 Å². The lowest BCUT2D eigenvalue weighted by Crippen LogP contribution is -2.26. The quantitative estimate of drug-likeness (QED) is 0.800. The summed E-state index contributed by atoms with van der Waals surface area (Å²) in [6.07, 6.45) is 0. The average molecular weight is 339 g/mol. The first kappa shape index (κ1) is 16.5. The molecule has 3 amide bonds. The number of ether oxygens (including phenoxy) is 1. The van der Waals surface area contributed by atoms with Gasteiger partial charge >= 0.3 is 0 Å². The summed E-state index contributed by atoms with van der Waals surface area (Å²) >= 11 is 0. The number of fused-ring (bicyclic) bond motifs is 1. The van der Waals surface area contributed by atoms with Crippen molar-refractivity contribution in [2.45, 2.75) is 13.8 Å². The maximum absolute atomic E-state index is 12.5. The molecule has 3 N–H and O–H groups in total. The van der Waals surface area contributed by atoms with Gasteiger partial charge in [0.1, 0.15) is 0 Å². The number of carbonyl (C=O) groups excluding carboxylic acids is 3. The maximum atomic E-state index is 12.5. The molecule has 0 unspecified atom stereocenters. The molecular formula is C18H17N3O4. The van der Waals surface area contributed by atoms with Gasteiger partial charge in [-0.1, -0.05) is 6.07 Å². The Kier molecular flexibility index (Phi) is 4.38. The van der Waals surface area contributed by atoms with Crippen LogP contribution in [0, 0.1) is 6.92 Å². The van der Waals surface area contributed by atoms with Gasteiger partial charge < -0.3 is 20.7 Å². The molecule has 25 heavy (non-hydrogen) atoms. The van der Waals surface area contributed by atoms with E-state index in [4.69, 9.17) is 4.74 Å². The molecule has 0 aliphatic carbocycles. The van der Waals surface area contributed by atoms with Crippen molar-refractivity contribution < 1.29 is 19.1 Å². The van der Waals surface area contributed by atoms with Crippen molar-refractivity contribution in [2.24, 2.45) is 0 Å². The minimum Gasteiger partial charge on any atom is -0.479 e. The maximum Gasteiger partial charge on any atom is 0.262 e. The van der Waals surface area contributed by atoms with Gasteiger partial charge in [0.25, 0.3) is 11.8 Å². The van der Waals surface area contributed by atoms with E-state index in [1.54, 1.807) is 36.4 Å².